The van der Waals surface area contributed by atoms with Crippen molar-refractivity contribution in [3.8, 4) is 17.4 Å². The van der Waals surface area contributed by atoms with Crippen molar-refractivity contribution in [1.82, 2.24) is 14.5 Å². The van der Waals surface area contributed by atoms with E-state index in [9.17, 15) is 22.4 Å². The van der Waals surface area contributed by atoms with Crippen LogP contribution in [0, 0.1) is 5.82 Å². The summed E-state index contributed by atoms with van der Waals surface area (Å²) in [6, 6.07) is 7.58. The molecule has 168 valence electrons. The molecule has 11 heteroatoms. The van der Waals surface area contributed by atoms with Crippen LogP contribution in [0.15, 0.2) is 47.4 Å². The summed E-state index contributed by atoms with van der Waals surface area (Å²) >= 11 is 0. The monoisotopic (exact) mass is 450 g/mol. The quantitative estimate of drug-likeness (QED) is 0.548. The zero-order valence-corrected chi connectivity index (χ0v) is 17.1. The van der Waals surface area contributed by atoms with Crippen LogP contribution in [-0.2, 0) is 19.3 Å². The molecule has 1 aliphatic rings. The van der Waals surface area contributed by atoms with Crippen LogP contribution < -0.4 is 20.1 Å². The Labute approximate surface area is 179 Å². The van der Waals surface area contributed by atoms with Crippen molar-refractivity contribution in [2.45, 2.75) is 32.3 Å². The van der Waals surface area contributed by atoms with E-state index in [0.29, 0.717) is 24.0 Å². The van der Waals surface area contributed by atoms with E-state index in [0.717, 1.165) is 12.3 Å². The van der Waals surface area contributed by atoms with Gasteiger partial charge in [0.25, 0.3) is 0 Å². The molecule has 0 spiro atoms. The van der Waals surface area contributed by atoms with Crippen molar-refractivity contribution in [3.63, 3.8) is 0 Å². The number of pyridine rings is 1. The van der Waals surface area contributed by atoms with Gasteiger partial charge < -0.3 is 14.4 Å². The van der Waals surface area contributed by atoms with E-state index < -0.39 is 23.4 Å². The SMILES string of the molecule is C[C@@H]1Cn2c(cc(OCc3ccc(Oc4ccnc(C(F)(F)F)c4)c(F)c3)nc2=O)N1C. The Morgan fingerprint density at radius 2 is 1.97 bits per heavy atom. The molecule has 0 amide bonds. The van der Waals surface area contributed by atoms with Gasteiger partial charge in [0.1, 0.15) is 23.9 Å². The number of rotatable bonds is 5. The van der Waals surface area contributed by atoms with Crippen molar-refractivity contribution in [1.29, 1.82) is 0 Å². The molecule has 32 heavy (non-hydrogen) atoms. The summed E-state index contributed by atoms with van der Waals surface area (Å²) in [6.07, 6.45) is -3.71. The van der Waals surface area contributed by atoms with E-state index in [4.69, 9.17) is 9.47 Å². The van der Waals surface area contributed by atoms with Crippen molar-refractivity contribution >= 4 is 5.82 Å². The first-order valence-corrected chi connectivity index (χ1v) is 9.59. The molecule has 0 unspecified atom stereocenters. The number of hydrogen-bond acceptors (Lipinski definition) is 6. The molecule has 4 rings (SSSR count). The van der Waals surface area contributed by atoms with Crippen LogP contribution >= 0.6 is 0 Å². The number of ether oxygens (including phenoxy) is 2. The first kappa shape index (κ1) is 21.6. The van der Waals surface area contributed by atoms with Gasteiger partial charge in [-0.15, -0.1) is 0 Å². The highest BCUT2D eigenvalue weighted by atomic mass is 19.4. The Kier molecular flexibility index (Phi) is 5.49. The highest BCUT2D eigenvalue weighted by molar-refractivity contribution is 5.45. The van der Waals surface area contributed by atoms with Gasteiger partial charge in [0.15, 0.2) is 11.6 Å². The maximum absolute atomic E-state index is 14.4. The Bertz CT molecular complexity index is 1210. The zero-order valence-electron chi connectivity index (χ0n) is 17.1. The van der Waals surface area contributed by atoms with Gasteiger partial charge in [0.2, 0.25) is 5.88 Å². The van der Waals surface area contributed by atoms with E-state index >= 15 is 0 Å². The average molecular weight is 450 g/mol. The average Bonchev–Trinajstić information content (AvgIpc) is 3.03. The molecular formula is C21H18F4N4O3. The third-order valence-corrected chi connectivity index (χ3v) is 5.07. The molecule has 1 atom stereocenters. The third kappa shape index (κ3) is 4.36. The fraction of sp³-hybridized carbons (Fsp3) is 0.286. The number of likely N-dealkylation sites (N-methyl/N-ethyl adjacent to an activating group) is 1. The van der Waals surface area contributed by atoms with Crippen molar-refractivity contribution < 1.29 is 27.0 Å². The summed E-state index contributed by atoms with van der Waals surface area (Å²) in [4.78, 5) is 21.2. The van der Waals surface area contributed by atoms with Crippen molar-refractivity contribution in [3.05, 3.63) is 70.2 Å². The first-order valence-electron chi connectivity index (χ1n) is 9.59. The maximum Gasteiger partial charge on any atom is 0.433 e. The van der Waals surface area contributed by atoms with Crippen LogP contribution in [0.25, 0.3) is 0 Å². The van der Waals surface area contributed by atoms with Gasteiger partial charge in [-0.2, -0.15) is 18.2 Å². The third-order valence-electron chi connectivity index (χ3n) is 5.07. The Hall–Kier alpha value is -3.63. The number of fused-ring (bicyclic) bond motifs is 1. The lowest BCUT2D eigenvalue weighted by Crippen LogP contribution is -2.23. The van der Waals surface area contributed by atoms with Crippen LogP contribution in [0.3, 0.4) is 0 Å². The van der Waals surface area contributed by atoms with E-state index in [1.54, 1.807) is 10.6 Å². The van der Waals surface area contributed by atoms with E-state index in [1.807, 2.05) is 18.9 Å². The fourth-order valence-electron chi connectivity index (χ4n) is 3.25. The van der Waals surface area contributed by atoms with Crippen LogP contribution in [0.4, 0.5) is 23.4 Å². The molecule has 3 heterocycles. The minimum Gasteiger partial charge on any atom is -0.473 e. The second-order valence-electron chi connectivity index (χ2n) is 7.34. The molecule has 0 fully saturated rings. The predicted octanol–water partition coefficient (Wildman–Crippen LogP) is 4.01. The first-order chi connectivity index (χ1) is 15.1. The van der Waals surface area contributed by atoms with Crippen LogP contribution in [0.5, 0.6) is 17.4 Å². The highest BCUT2D eigenvalue weighted by Gasteiger charge is 2.32. The van der Waals surface area contributed by atoms with Crippen LogP contribution in [-0.4, -0.2) is 27.6 Å². The minimum atomic E-state index is -4.64. The molecule has 2 aromatic heterocycles. The van der Waals surface area contributed by atoms with Gasteiger partial charge >= 0.3 is 11.9 Å². The molecule has 0 bridgehead atoms. The second kappa shape index (κ2) is 8.13. The standard InChI is InChI=1S/C21H18F4N4O3/c1-12-10-29-19(28(12)2)9-18(27-20(29)30)31-11-13-3-4-16(15(22)7-13)32-14-5-6-26-17(8-14)21(23,24)25/h3-9,12H,10-11H2,1-2H3/t12-/m1/s1. The van der Waals surface area contributed by atoms with Gasteiger partial charge in [-0.1, -0.05) is 6.07 Å². The van der Waals surface area contributed by atoms with Gasteiger partial charge in [-0.3, -0.25) is 9.55 Å². The molecule has 0 saturated carbocycles. The summed E-state index contributed by atoms with van der Waals surface area (Å²) in [5.41, 5.74) is -1.15. The lowest BCUT2D eigenvalue weighted by molar-refractivity contribution is -0.141. The number of hydrogen-bond donors (Lipinski definition) is 0. The summed E-state index contributed by atoms with van der Waals surface area (Å²) < 4.78 is 65.1. The number of nitrogens with zero attached hydrogens (tertiary/aromatic N) is 4. The molecule has 1 aromatic carbocycles. The summed E-state index contributed by atoms with van der Waals surface area (Å²) in [5, 5.41) is 0. The van der Waals surface area contributed by atoms with Gasteiger partial charge in [-0.05, 0) is 30.7 Å². The lowest BCUT2D eigenvalue weighted by Gasteiger charge is -2.16. The van der Waals surface area contributed by atoms with Crippen LogP contribution in [0.1, 0.15) is 18.2 Å². The summed E-state index contributed by atoms with van der Waals surface area (Å²) in [6.45, 7) is 2.45. The number of halogens is 4. The smallest absolute Gasteiger partial charge is 0.433 e. The van der Waals surface area contributed by atoms with Crippen molar-refractivity contribution in [2.75, 3.05) is 11.9 Å². The normalized spacial score (nSPS) is 15.6. The van der Waals surface area contributed by atoms with Gasteiger partial charge in [-0.25, -0.2) is 9.18 Å². The predicted molar refractivity (Wildman–Crippen MR) is 106 cm³/mol. The maximum atomic E-state index is 14.4. The number of benzene rings is 1. The Morgan fingerprint density at radius 1 is 1.19 bits per heavy atom. The van der Waals surface area contributed by atoms with Gasteiger partial charge in [0.05, 0.1) is 0 Å². The molecule has 1 aliphatic heterocycles. The van der Waals surface area contributed by atoms with E-state index in [1.165, 1.54) is 18.2 Å². The highest BCUT2D eigenvalue weighted by Crippen LogP contribution is 2.32. The number of aromatic nitrogens is 3. The van der Waals surface area contributed by atoms with Crippen LogP contribution in [0.2, 0.25) is 0 Å². The largest absolute Gasteiger partial charge is 0.473 e. The summed E-state index contributed by atoms with van der Waals surface area (Å²) in [5.74, 6) is -0.446. The lowest BCUT2D eigenvalue weighted by atomic mass is 10.2. The van der Waals surface area contributed by atoms with E-state index in [2.05, 4.69) is 9.97 Å². The Morgan fingerprint density at radius 3 is 2.69 bits per heavy atom. The van der Waals surface area contributed by atoms with Crippen molar-refractivity contribution in [2.24, 2.45) is 0 Å². The minimum absolute atomic E-state index is 0.0696. The van der Waals surface area contributed by atoms with Gasteiger partial charge in [0, 0.05) is 38.0 Å². The molecular weight excluding hydrogens is 432 g/mol. The Balaban J connectivity index is 1.46. The molecule has 3 aromatic rings. The molecule has 0 aliphatic carbocycles. The summed E-state index contributed by atoms with van der Waals surface area (Å²) in [7, 11) is 1.86. The topological polar surface area (TPSA) is 69.5 Å². The number of anilines is 1. The molecule has 0 N–H and O–H groups in total. The molecule has 0 saturated heterocycles. The van der Waals surface area contributed by atoms with E-state index in [-0.39, 0.29) is 30.0 Å². The molecule has 7 nitrogen and oxygen atoms in total. The zero-order chi connectivity index (χ0) is 23.0. The number of alkyl halides is 3. The second-order valence-corrected chi connectivity index (χ2v) is 7.34. The molecule has 0 radical (unpaired) electrons. The fourth-order valence-corrected chi connectivity index (χ4v) is 3.25.